The van der Waals surface area contributed by atoms with Gasteiger partial charge in [-0.05, 0) is 17.7 Å². The molecule has 3 nitrogen and oxygen atoms in total. The van der Waals surface area contributed by atoms with E-state index in [9.17, 15) is 8.42 Å². The molecule has 1 atom stereocenters. The Morgan fingerprint density at radius 1 is 1.20 bits per heavy atom. The van der Waals surface area contributed by atoms with E-state index in [0.29, 0.717) is 5.56 Å². The topological polar surface area (TPSA) is 57.9 Å². The van der Waals surface area contributed by atoms with Gasteiger partial charge in [-0.1, -0.05) is 49.0 Å². The molecule has 0 saturated heterocycles. The highest BCUT2D eigenvalue weighted by Crippen LogP contribution is 2.29. The average Bonchev–Trinajstić information content (AvgIpc) is 2.47. The van der Waals surface area contributed by atoms with E-state index in [2.05, 4.69) is 12.3 Å². The highest BCUT2D eigenvalue weighted by molar-refractivity contribution is 8.01. The normalized spacial score (nSPS) is 12.4. The Kier molecular flexibility index (Phi) is 3.76. The largest absolute Gasteiger partial charge is 0.222 e. The van der Waals surface area contributed by atoms with Crippen LogP contribution in [0.15, 0.2) is 54.8 Å². The maximum Gasteiger partial charge on any atom is 0.202 e. The summed E-state index contributed by atoms with van der Waals surface area (Å²) in [4.78, 5) is -0.0247. The summed E-state index contributed by atoms with van der Waals surface area (Å²) in [6, 6.07) is 14.6. The summed E-state index contributed by atoms with van der Waals surface area (Å²) in [6.45, 7) is 4.84. The first-order valence-corrected chi connectivity index (χ1v) is 7.58. The van der Waals surface area contributed by atoms with E-state index >= 15 is 0 Å². The number of nitriles is 1. The van der Waals surface area contributed by atoms with Gasteiger partial charge in [0.15, 0.2) is 5.25 Å². The van der Waals surface area contributed by atoms with Crippen LogP contribution in [-0.2, 0) is 9.84 Å². The van der Waals surface area contributed by atoms with Gasteiger partial charge in [-0.15, -0.1) is 5.73 Å². The molecule has 4 heteroatoms. The molecule has 0 amide bonds. The van der Waals surface area contributed by atoms with E-state index in [0.717, 1.165) is 10.8 Å². The smallest absolute Gasteiger partial charge is 0.202 e. The zero-order chi connectivity index (χ0) is 14.8. The Labute approximate surface area is 118 Å². The number of hydrogen-bond acceptors (Lipinski definition) is 3. The molecule has 0 N–H and O–H groups in total. The molecule has 100 valence electrons. The van der Waals surface area contributed by atoms with E-state index in [1.54, 1.807) is 18.2 Å². The summed E-state index contributed by atoms with van der Waals surface area (Å²) in [5.41, 5.74) is 3.02. The second kappa shape index (κ2) is 5.34. The van der Waals surface area contributed by atoms with Gasteiger partial charge >= 0.3 is 0 Å². The minimum atomic E-state index is -3.76. The first-order valence-electron chi connectivity index (χ1n) is 6.04. The van der Waals surface area contributed by atoms with Gasteiger partial charge in [-0.2, -0.15) is 5.26 Å². The fourth-order valence-corrected chi connectivity index (χ4v) is 3.20. The maximum atomic E-state index is 12.4. The second-order valence-electron chi connectivity index (χ2n) is 4.35. The quantitative estimate of drug-likeness (QED) is 0.812. The molecule has 2 aromatic carbocycles. The van der Waals surface area contributed by atoms with Gasteiger partial charge < -0.3 is 0 Å². The molecular formula is C16H13NO2S. The van der Waals surface area contributed by atoms with Crippen LogP contribution in [0.5, 0.6) is 0 Å². The van der Waals surface area contributed by atoms with E-state index in [-0.39, 0.29) is 4.91 Å². The van der Waals surface area contributed by atoms with Crippen molar-refractivity contribution in [2.75, 3.05) is 0 Å². The van der Waals surface area contributed by atoms with Crippen molar-refractivity contribution < 1.29 is 8.42 Å². The van der Waals surface area contributed by atoms with Crippen molar-refractivity contribution >= 4 is 25.5 Å². The molecule has 0 aliphatic carbocycles. The maximum absolute atomic E-state index is 12.4. The SMILES string of the molecule is C=C=C(c1cccc2ccccc12)S(=O)(=O)C(C)C#N. The molecule has 1 unspecified atom stereocenters. The number of hydrogen-bond donors (Lipinski definition) is 0. The van der Waals surface area contributed by atoms with Crippen molar-refractivity contribution in [1.82, 2.24) is 0 Å². The number of fused-ring (bicyclic) bond motifs is 1. The predicted molar refractivity (Wildman–Crippen MR) is 80.5 cm³/mol. The summed E-state index contributed by atoms with van der Waals surface area (Å²) < 4.78 is 24.7. The van der Waals surface area contributed by atoms with Crippen LogP contribution in [-0.4, -0.2) is 13.7 Å². The van der Waals surface area contributed by atoms with Crippen LogP contribution >= 0.6 is 0 Å². The molecule has 0 aliphatic heterocycles. The first kappa shape index (κ1) is 14.1. The van der Waals surface area contributed by atoms with Crippen LogP contribution < -0.4 is 0 Å². The molecule has 2 rings (SSSR count). The molecule has 0 radical (unpaired) electrons. The number of nitrogens with zero attached hydrogens (tertiary/aromatic N) is 1. The summed E-state index contributed by atoms with van der Waals surface area (Å²) in [5.74, 6) is 0. The van der Waals surface area contributed by atoms with Gasteiger partial charge in [0.25, 0.3) is 0 Å². The molecule has 0 heterocycles. The van der Waals surface area contributed by atoms with Crippen LogP contribution in [0.2, 0.25) is 0 Å². The monoisotopic (exact) mass is 283 g/mol. The molecule has 2 aromatic rings. The summed E-state index contributed by atoms with van der Waals surface area (Å²) in [6.07, 6.45) is 0. The van der Waals surface area contributed by atoms with Crippen molar-refractivity contribution in [3.05, 3.63) is 60.3 Å². The zero-order valence-electron chi connectivity index (χ0n) is 11.0. The molecule has 20 heavy (non-hydrogen) atoms. The van der Waals surface area contributed by atoms with E-state index in [4.69, 9.17) is 5.26 Å². The van der Waals surface area contributed by atoms with Crippen molar-refractivity contribution in [2.24, 2.45) is 0 Å². The standard InChI is InChI=1S/C16H13NO2S/c1-3-16(20(18,19)12(2)11-17)15-10-6-8-13-7-4-5-9-14(13)15/h4-10,12H,1H2,2H3. The molecule has 0 aromatic heterocycles. The van der Waals surface area contributed by atoms with Gasteiger partial charge in [0.05, 0.1) is 6.07 Å². The Morgan fingerprint density at radius 2 is 1.85 bits per heavy atom. The lowest BCUT2D eigenvalue weighted by Gasteiger charge is -2.11. The van der Waals surface area contributed by atoms with E-state index in [1.807, 2.05) is 30.3 Å². The number of rotatable bonds is 3. The van der Waals surface area contributed by atoms with Crippen molar-refractivity contribution in [3.63, 3.8) is 0 Å². The van der Waals surface area contributed by atoms with Crippen LogP contribution in [0.1, 0.15) is 12.5 Å². The lowest BCUT2D eigenvalue weighted by atomic mass is 10.0. The minimum absolute atomic E-state index is 0.0247. The summed E-state index contributed by atoms with van der Waals surface area (Å²) in [7, 11) is -3.76. The molecule has 0 spiro atoms. The van der Waals surface area contributed by atoms with Crippen molar-refractivity contribution in [3.8, 4) is 6.07 Å². The lowest BCUT2D eigenvalue weighted by molar-refractivity contribution is 0.602. The van der Waals surface area contributed by atoms with Crippen molar-refractivity contribution in [2.45, 2.75) is 12.2 Å². The predicted octanol–water partition coefficient (Wildman–Crippen LogP) is 3.29. The van der Waals surface area contributed by atoms with Gasteiger partial charge in [-0.3, -0.25) is 0 Å². The molecular weight excluding hydrogens is 270 g/mol. The van der Waals surface area contributed by atoms with Gasteiger partial charge in [0.2, 0.25) is 9.84 Å². The second-order valence-corrected chi connectivity index (χ2v) is 6.55. The molecule has 0 aliphatic rings. The minimum Gasteiger partial charge on any atom is -0.222 e. The highest BCUT2D eigenvalue weighted by atomic mass is 32.2. The lowest BCUT2D eigenvalue weighted by Crippen LogP contribution is -2.16. The fourth-order valence-electron chi connectivity index (χ4n) is 2.02. The van der Waals surface area contributed by atoms with E-state index in [1.165, 1.54) is 6.92 Å². The first-order chi connectivity index (χ1) is 9.52. The van der Waals surface area contributed by atoms with Crippen molar-refractivity contribution in [1.29, 1.82) is 5.26 Å². The third-order valence-corrected chi connectivity index (χ3v) is 5.10. The Morgan fingerprint density at radius 3 is 2.50 bits per heavy atom. The van der Waals surface area contributed by atoms with Gasteiger partial charge in [0, 0.05) is 5.56 Å². The Balaban J connectivity index is 2.76. The third-order valence-electron chi connectivity index (χ3n) is 3.13. The number of sulfone groups is 1. The summed E-state index contributed by atoms with van der Waals surface area (Å²) >= 11 is 0. The zero-order valence-corrected chi connectivity index (χ0v) is 11.8. The Bertz CT molecular complexity index is 848. The van der Waals surface area contributed by atoms with E-state index < -0.39 is 15.1 Å². The summed E-state index contributed by atoms with van der Waals surface area (Å²) in [5, 5.41) is 9.48. The van der Waals surface area contributed by atoms with Crippen LogP contribution in [0, 0.1) is 11.3 Å². The van der Waals surface area contributed by atoms with Crippen LogP contribution in [0.4, 0.5) is 0 Å². The molecule has 0 saturated carbocycles. The molecule has 0 fully saturated rings. The van der Waals surface area contributed by atoms with Crippen LogP contribution in [0.25, 0.3) is 15.7 Å². The molecule has 0 bridgehead atoms. The number of benzene rings is 2. The average molecular weight is 283 g/mol. The van der Waals surface area contributed by atoms with Gasteiger partial charge in [-0.25, -0.2) is 8.42 Å². The van der Waals surface area contributed by atoms with Gasteiger partial charge in [0.1, 0.15) is 4.91 Å². The Hall–Kier alpha value is -2.34. The highest BCUT2D eigenvalue weighted by Gasteiger charge is 2.27. The fraction of sp³-hybridized carbons (Fsp3) is 0.125. The third kappa shape index (κ3) is 2.25. The van der Waals surface area contributed by atoms with Crippen LogP contribution in [0.3, 0.4) is 0 Å².